The molecule has 0 bridgehead atoms. The van der Waals surface area contributed by atoms with Crippen molar-refractivity contribution in [1.29, 1.82) is 0 Å². The van der Waals surface area contributed by atoms with E-state index in [2.05, 4.69) is 15.8 Å². The lowest BCUT2D eigenvalue weighted by Crippen LogP contribution is -2.29. The van der Waals surface area contributed by atoms with Gasteiger partial charge in [0.2, 0.25) is 10.0 Å². The summed E-state index contributed by atoms with van der Waals surface area (Å²) >= 11 is 0. The lowest BCUT2D eigenvalue weighted by Gasteiger charge is -2.19. The summed E-state index contributed by atoms with van der Waals surface area (Å²) in [6.45, 7) is 2.03. The molecule has 3 aromatic carbocycles. The third kappa shape index (κ3) is 3.52. The van der Waals surface area contributed by atoms with E-state index in [4.69, 9.17) is 0 Å². The molecule has 1 atom stereocenters. The molecule has 4 aromatic rings. The van der Waals surface area contributed by atoms with Crippen molar-refractivity contribution in [3.63, 3.8) is 0 Å². The van der Waals surface area contributed by atoms with Crippen LogP contribution in [0.5, 0.6) is 0 Å². The molecule has 1 heterocycles. The Hall–Kier alpha value is -2.89. The topological polar surface area (TPSA) is 62.0 Å². The van der Waals surface area contributed by atoms with Crippen molar-refractivity contribution < 1.29 is 8.42 Å². The summed E-state index contributed by atoms with van der Waals surface area (Å²) in [4.78, 5) is 3.51. The van der Waals surface area contributed by atoms with E-state index in [1.807, 2.05) is 55.6 Å². The molecule has 4 rings (SSSR count). The van der Waals surface area contributed by atoms with Crippen LogP contribution in [0.3, 0.4) is 0 Å². The second-order valence-corrected chi connectivity index (χ2v) is 8.29. The van der Waals surface area contributed by atoms with Crippen LogP contribution in [0.25, 0.3) is 10.9 Å². The maximum absolute atomic E-state index is 13.0. The monoisotopic (exact) mass is 376 g/mol. The van der Waals surface area contributed by atoms with E-state index in [1.165, 1.54) is 0 Å². The van der Waals surface area contributed by atoms with Gasteiger partial charge in [0.25, 0.3) is 0 Å². The van der Waals surface area contributed by atoms with Gasteiger partial charge in [-0.25, -0.2) is 8.42 Å². The lowest BCUT2D eigenvalue weighted by atomic mass is 9.98. The highest BCUT2D eigenvalue weighted by Crippen LogP contribution is 2.31. The normalized spacial score (nSPS) is 12.9. The zero-order chi connectivity index (χ0) is 18.9. The van der Waals surface area contributed by atoms with Gasteiger partial charge in [-0.1, -0.05) is 60.2 Å². The molecule has 0 aliphatic rings. The predicted molar refractivity (Wildman–Crippen MR) is 108 cm³/mol. The molecular weight excluding hydrogens is 356 g/mol. The van der Waals surface area contributed by atoms with Gasteiger partial charge >= 0.3 is 0 Å². The van der Waals surface area contributed by atoms with Gasteiger partial charge in [0.05, 0.1) is 10.9 Å². The van der Waals surface area contributed by atoms with Crippen molar-refractivity contribution in [2.45, 2.75) is 17.9 Å². The van der Waals surface area contributed by atoms with Gasteiger partial charge in [0.15, 0.2) is 0 Å². The van der Waals surface area contributed by atoms with Crippen LogP contribution in [0.2, 0.25) is 0 Å². The maximum Gasteiger partial charge on any atom is 0.241 e. The van der Waals surface area contributed by atoms with Crippen LogP contribution in [0.15, 0.2) is 90.0 Å². The predicted octanol–water partition coefficient (Wildman–Crippen LogP) is 4.54. The molecule has 2 N–H and O–H groups in total. The van der Waals surface area contributed by atoms with Gasteiger partial charge in [-0.05, 0) is 42.3 Å². The lowest BCUT2D eigenvalue weighted by molar-refractivity contribution is 0.572. The van der Waals surface area contributed by atoms with Crippen molar-refractivity contribution in [2.24, 2.45) is 0 Å². The molecule has 0 aliphatic heterocycles. The van der Waals surface area contributed by atoms with E-state index in [-0.39, 0.29) is 4.90 Å². The number of rotatable bonds is 5. The van der Waals surface area contributed by atoms with Gasteiger partial charge in [-0.15, -0.1) is 0 Å². The Labute approximate surface area is 158 Å². The summed E-state index contributed by atoms with van der Waals surface area (Å²) < 4.78 is 28.9. The fourth-order valence-corrected chi connectivity index (χ4v) is 4.50. The molecule has 4 nitrogen and oxygen atoms in total. The minimum atomic E-state index is -3.68. The van der Waals surface area contributed by atoms with E-state index in [9.17, 15) is 8.42 Å². The fraction of sp³-hybridized carbons (Fsp3) is 0.0909. The standard InChI is InChI=1S/C22H20N2O2S/c1-16-12-13-21-19(14-16)20(15-23-21)22(17-8-4-2-5-9-17)24-27(25,26)18-10-6-3-7-11-18/h2-15,22-24H,1H3/t22-/m1/s1. The van der Waals surface area contributed by atoms with Crippen LogP contribution >= 0.6 is 0 Å². The first-order chi connectivity index (χ1) is 13.0. The molecule has 0 unspecified atom stereocenters. The summed E-state index contributed by atoms with van der Waals surface area (Å²) in [5.41, 5.74) is 3.90. The smallest absolute Gasteiger partial charge is 0.241 e. The van der Waals surface area contributed by atoms with Crippen molar-refractivity contribution in [1.82, 2.24) is 9.71 Å². The van der Waals surface area contributed by atoms with E-state index in [0.717, 1.165) is 27.6 Å². The van der Waals surface area contributed by atoms with Crippen molar-refractivity contribution >= 4 is 20.9 Å². The molecule has 5 heteroatoms. The number of hydrogen-bond acceptors (Lipinski definition) is 2. The number of nitrogens with one attached hydrogen (secondary N) is 2. The van der Waals surface area contributed by atoms with E-state index in [1.54, 1.807) is 30.3 Å². The van der Waals surface area contributed by atoms with Crippen LogP contribution in [0, 0.1) is 6.92 Å². The van der Waals surface area contributed by atoms with Crippen LogP contribution in [-0.2, 0) is 10.0 Å². The zero-order valence-corrected chi connectivity index (χ0v) is 15.7. The van der Waals surface area contributed by atoms with E-state index >= 15 is 0 Å². The minimum Gasteiger partial charge on any atom is -0.361 e. The maximum atomic E-state index is 13.0. The molecule has 1 aromatic heterocycles. The van der Waals surface area contributed by atoms with E-state index < -0.39 is 16.1 Å². The molecule has 136 valence electrons. The van der Waals surface area contributed by atoms with Gasteiger partial charge in [0.1, 0.15) is 0 Å². The second kappa shape index (κ2) is 7.02. The van der Waals surface area contributed by atoms with Gasteiger partial charge in [0, 0.05) is 17.1 Å². The number of aromatic nitrogens is 1. The molecule has 0 amide bonds. The Morgan fingerprint density at radius 2 is 1.56 bits per heavy atom. The first-order valence-electron chi connectivity index (χ1n) is 8.74. The molecule has 0 saturated carbocycles. The number of aryl methyl sites for hydroxylation is 1. The van der Waals surface area contributed by atoms with Crippen LogP contribution in [-0.4, -0.2) is 13.4 Å². The van der Waals surface area contributed by atoms with Gasteiger partial charge < -0.3 is 4.98 Å². The Bertz CT molecular complexity index is 1170. The Morgan fingerprint density at radius 3 is 2.26 bits per heavy atom. The highest BCUT2D eigenvalue weighted by atomic mass is 32.2. The second-order valence-electron chi connectivity index (χ2n) is 6.57. The first kappa shape index (κ1) is 17.5. The molecular formula is C22H20N2O2S. The highest BCUT2D eigenvalue weighted by molar-refractivity contribution is 7.89. The molecule has 0 radical (unpaired) electrons. The molecule has 0 saturated heterocycles. The number of sulfonamides is 1. The summed E-state index contributed by atoms with van der Waals surface area (Å²) in [7, 11) is -3.68. The summed E-state index contributed by atoms with van der Waals surface area (Å²) in [6.07, 6.45) is 1.88. The number of H-pyrrole nitrogens is 1. The quantitative estimate of drug-likeness (QED) is 0.537. The first-order valence-corrected chi connectivity index (χ1v) is 10.2. The molecule has 0 fully saturated rings. The SMILES string of the molecule is Cc1ccc2[nH]cc([C@H](NS(=O)(=O)c3ccccc3)c3ccccc3)c2c1. The molecule has 0 spiro atoms. The third-order valence-electron chi connectivity index (χ3n) is 4.64. The largest absolute Gasteiger partial charge is 0.361 e. The third-order valence-corrected chi connectivity index (χ3v) is 6.08. The summed E-state index contributed by atoms with van der Waals surface area (Å²) in [5, 5.41) is 1.01. The van der Waals surface area contributed by atoms with E-state index in [0.29, 0.717) is 0 Å². The highest BCUT2D eigenvalue weighted by Gasteiger charge is 2.24. The number of aromatic amines is 1. The van der Waals surface area contributed by atoms with Crippen molar-refractivity contribution in [3.05, 3.63) is 102 Å². The molecule has 27 heavy (non-hydrogen) atoms. The number of hydrogen-bond donors (Lipinski definition) is 2. The van der Waals surface area contributed by atoms with Crippen molar-refractivity contribution in [3.8, 4) is 0 Å². The van der Waals surface area contributed by atoms with Crippen LogP contribution < -0.4 is 4.72 Å². The average molecular weight is 376 g/mol. The zero-order valence-electron chi connectivity index (χ0n) is 14.9. The van der Waals surface area contributed by atoms with Gasteiger partial charge in [-0.3, -0.25) is 0 Å². The summed E-state index contributed by atoms with van der Waals surface area (Å²) in [5.74, 6) is 0. The van der Waals surface area contributed by atoms with Gasteiger partial charge in [-0.2, -0.15) is 4.72 Å². The van der Waals surface area contributed by atoms with Crippen molar-refractivity contribution in [2.75, 3.05) is 0 Å². The fourth-order valence-electron chi connectivity index (χ4n) is 3.27. The molecule has 0 aliphatic carbocycles. The van der Waals surface area contributed by atoms with Crippen LogP contribution in [0.1, 0.15) is 22.7 Å². The Morgan fingerprint density at radius 1 is 0.889 bits per heavy atom. The minimum absolute atomic E-state index is 0.252. The Kier molecular flexibility index (Phi) is 4.56. The average Bonchev–Trinajstić information content (AvgIpc) is 3.10. The number of fused-ring (bicyclic) bond motifs is 1. The summed E-state index contributed by atoms with van der Waals surface area (Å²) in [6, 6.07) is 23.7. The van der Waals surface area contributed by atoms with Crippen LogP contribution in [0.4, 0.5) is 0 Å². The number of benzene rings is 3. The Balaban J connectivity index is 1.84.